The second-order valence-electron chi connectivity index (χ2n) is 2.17. The first kappa shape index (κ1) is 7.36. The SMILES string of the molecule is Clc1ccc2c(I)cnn2c1. The molecule has 11 heavy (non-hydrogen) atoms. The van der Waals surface area contributed by atoms with Gasteiger partial charge >= 0.3 is 0 Å². The number of halogens is 2. The molecule has 0 atom stereocenters. The predicted octanol–water partition coefficient (Wildman–Crippen LogP) is 2.59. The van der Waals surface area contributed by atoms with Crippen LogP contribution >= 0.6 is 34.2 Å². The van der Waals surface area contributed by atoms with E-state index in [9.17, 15) is 0 Å². The first-order valence-electron chi connectivity index (χ1n) is 3.06. The number of pyridine rings is 1. The molecule has 4 heteroatoms. The summed E-state index contributed by atoms with van der Waals surface area (Å²) in [6.07, 6.45) is 3.60. The zero-order chi connectivity index (χ0) is 7.84. The number of nitrogens with zero attached hydrogens (tertiary/aromatic N) is 2. The van der Waals surface area contributed by atoms with Crippen LogP contribution in [0.25, 0.3) is 5.52 Å². The minimum Gasteiger partial charge on any atom is -0.238 e. The fraction of sp³-hybridized carbons (Fsp3) is 0. The molecule has 0 saturated carbocycles. The molecule has 2 aromatic rings. The number of hydrogen-bond donors (Lipinski definition) is 0. The summed E-state index contributed by atoms with van der Waals surface area (Å²) in [7, 11) is 0. The maximum Gasteiger partial charge on any atom is 0.0796 e. The Morgan fingerprint density at radius 2 is 2.27 bits per heavy atom. The van der Waals surface area contributed by atoms with Gasteiger partial charge in [0.05, 0.1) is 20.3 Å². The second kappa shape index (κ2) is 2.64. The summed E-state index contributed by atoms with van der Waals surface area (Å²) in [5.41, 5.74) is 1.09. The fourth-order valence-electron chi connectivity index (χ4n) is 0.928. The fourth-order valence-corrected chi connectivity index (χ4v) is 1.63. The van der Waals surface area contributed by atoms with E-state index in [4.69, 9.17) is 11.6 Å². The van der Waals surface area contributed by atoms with Gasteiger partial charge in [-0.2, -0.15) is 5.10 Å². The van der Waals surface area contributed by atoms with E-state index in [1.54, 1.807) is 10.7 Å². The normalized spacial score (nSPS) is 10.7. The number of aromatic nitrogens is 2. The molecule has 0 fully saturated rings. The molecule has 0 aliphatic rings. The molecule has 2 rings (SSSR count). The van der Waals surface area contributed by atoms with Gasteiger partial charge in [-0.1, -0.05) is 11.6 Å². The van der Waals surface area contributed by atoms with Crippen molar-refractivity contribution in [3.63, 3.8) is 0 Å². The molecule has 2 heterocycles. The third-order valence-electron chi connectivity index (χ3n) is 1.43. The van der Waals surface area contributed by atoms with Crippen LogP contribution in [0.2, 0.25) is 5.02 Å². The standard InChI is InChI=1S/C7H4ClIN2/c8-5-1-2-7-6(9)3-10-11(7)4-5/h1-4H. The minimum absolute atomic E-state index is 0.706. The highest BCUT2D eigenvalue weighted by Crippen LogP contribution is 2.15. The van der Waals surface area contributed by atoms with Gasteiger partial charge in [-0.05, 0) is 34.7 Å². The minimum atomic E-state index is 0.706. The lowest BCUT2D eigenvalue weighted by molar-refractivity contribution is 0.961. The largest absolute Gasteiger partial charge is 0.238 e. The average molecular weight is 278 g/mol. The van der Waals surface area contributed by atoms with Crippen molar-refractivity contribution >= 4 is 39.7 Å². The van der Waals surface area contributed by atoms with Gasteiger partial charge in [0.2, 0.25) is 0 Å². The van der Waals surface area contributed by atoms with Gasteiger partial charge in [0.25, 0.3) is 0 Å². The zero-order valence-corrected chi connectivity index (χ0v) is 8.37. The Balaban J connectivity index is 2.86. The summed E-state index contributed by atoms with van der Waals surface area (Å²) >= 11 is 8.00. The summed E-state index contributed by atoms with van der Waals surface area (Å²) in [6.45, 7) is 0. The molecule has 0 unspecified atom stereocenters. The molecule has 2 aromatic heterocycles. The van der Waals surface area contributed by atoms with Crippen LogP contribution in [0, 0.1) is 3.57 Å². The lowest BCUT2D eigenvalue weighted by atomic mass is 10.4. The molecule has 0 saturated heterocycles. The molecule has 0 aromatic carbocycles. The van der Waals surface area contributed by atoms with Crippen molar-refractivity contribution in [2.24, 2.45) is 0 Å². The van der Waals surface area contributed by atoms with Crippen LogP contribution in [-0.2, 0) is 0 Å². The first-order valence-corrected chi connectivity index (χ1v) is 4.51. The Bertz CT molecular complexity index is 396. The smallest absolute Gasteiger partial charge is 0.0796 e. The van der Waals surface area contributed by atoms with E-state index in [1.807, 2.05) is 18.3 Å². The third-order valence-corrected chi connectivity index (χ3v) is 2.49. The van der Waals surface area contributed by atoms with E-state index in [1.165, 1.54) is 0 Å². The molecule has 0 aliphatic carbocycles. The molecule has 0 amide bonds. The van der Waals surface area contributed by atoms with Gasteiger partial charge in [0, 0.05) is 6.20 Å². The van der Waals surface area contributed by atoms with Crippen LogP contribution in [0.4, 0.5) is 0 Å². The van der Waals surface area contributed by atoms with E-state index < -0.39 is 0 Å². The Morgan fingerprint density at radius 3 is 3.09 bits per heavy atom. The van der Waals surface area contributed by atoms with E-state index in [0.29, 0.717) is 5.02 Å². The molecule has 0 bridgehead atoms. The summed E-state index contributed by atoms with van der Waals surface area (Å²) in [4.78, 5) is 0. The van der Waals surface area contributed by atoms with Gasteiger partial charge in [0.1, 0.15) is 0 Å². The summed E-state index contributed by atoms with van der Waals surface area (Å²) in [5, 5.41) is 4.81. The number of fused-ring (bicyclic) bond motifs is 1. The lowest BCUT2D eigenvalue weighted by Gasteiger charge is -1.92. The lowest BCUT2D eigenvalue weighted by Crippen LogP contribution is -1.84. The average Bonchev–Trinajstić information content (AvgIpc) is 2.32. The summed E-state index contributed by atoms with van der Waals surface area (Å²) in [5.74, 6) is 0. The van der Waals surface area contributed by atoms with E-state index >= 15 is 0 Å². The Hall–Kier alpha value is -0.290. The van der Waals surface area contributed by atoms with Crippen molar-refractivity contribution in [1.29, 1.82) is 0 Å². The van der Waals surface area contributed by atoms with Crippen LogP contribution in [0.5, 0.6) is 0 Å². The molecule has 2 nitrogen and oxygen atoms in total. The highest BCUT2D eigenvalue weighted by molar-refractivity contribution is 14.1. The molecular weight excluding hydrogens is 274 g/mol. The molecule has 0 aliphatic heterocycles. The second-order valence-corrected chi connectivity index (χ2v) is 3.77. The van der Waals surface area contributed by atoms with Crippen molar-refractivity contribution in [2.45, 2.75) is 0 Å². The highest BCUT2D eigenvalue weighted by atomic mass is 127. The van der Waals surface area contributed by atoms with Crippen molar-refractivity contribution in [2.75, 3.05) is 0 Å². The van der Waals surface area contributed by atoms with E-state index in [-0.39, 0.29) is 0 Å². The van der Waals surface area contributed by atoms with Gasteiger partial charge in [-0.25, -0.2) is 4.52 Å². The maximum atomic E-state index is 5.76. The van der Waals surface area contributed by atoms with Crippen LogP contribution in [0.1, 0.15) is 0 Å². The number of rotatable bonds is 0. The zero-order valence-electron chi connectivity index (χ0n) is 5.46. The van der Waals surface area contributed by atoms with Crippen LogP contribution in [-0.4, -0.2) is 9.61 Å². The van der Waals surface area contributed by atoms with E-state index in [0.717, 1.165) is 9.09 Å². The van der Waals surface area contributed by atoms with Crippen LogP contribution in [0.3, 0.4) is 0 Å². The Labute approximate surface area is 82.3 Å². The summed E-state index contributed by atoms with van der Waals surface area (Å²) in [6, 6.07) is 3.82. The molecule has 0 radical (unpaired) electrons. The Morgan fingerprint density at radius 1 is 1.45 bits per heavy atom. The van der Waals surface area contributed by atoms with Gasteiger partial charge in [0.15, 0.2) is 0 Å². The molecular formula is C7H4ClIN2. The van der Waals surface area contributed by atoms with Gasteiger partial charge in [-0.15, -0.1) is 0 Å². The van der Waals surface area contributed by atoms with Crippen LogP contribution in [0.15, 0.2) is 24.5 Å². The van der Waals surface area contributed by atoms with Crippen molar-refractivity contribution < 1.29 is 0 Å². The van der Waals surface area contributed by atoms with Gasteiger partial charge < -0.3 is 0 Å². The van der Waals surface area contributed by atoms with Crippen molar-refractivity contribution in [3.05, 3.63) is 33.1 Å². The van der Waals surface area contributed by atoms with Crippen LogP contribution < -0.4 is 0 Å². The topological polar surface area (TPSA) is 17.3 Å². The maximum absolute atomic E-state index is 5.76. The molecule has 0 N–H and O–H groups in total. The quantitative estimate of drug-likeness (QED) is 0.677. The predicted molar refractivity (Wildman–Crippen MR) is 52.9 cm³/mol. The third kappa shape index (κ3) is 1.22. The van der Waals surface area contributed by atoms with Gasteiger partial charge in [-0.3, -0.25) is 0 Å². The number of hydrogen-bond acceptors (Lipinski definition) is 1. The molecule has 0 spiro atoms. The Kier molecular flexibility index (Phi) is 1.77. The highest BCUT2D eigenvalue weighted by Gasteiger charge is 1.98. The van der Waals surface area contributed by atoms with Crippen molar-refractivity contribution in [1.82, 2.24) is 9.61 Å². The monoisotopic (exact) mass is 278 g/mol. The first-order chi connectivity index (χ1) is 5.27. The summed E-state index contributed by atoms with van der Waals surface area (Å²) < 4.78 is 2.91. The van der Waals surface area contributed by atoms with Crippen molar-refractivity contribution in [3.8, 4) is 0 Å². The van der Waals surface area contributed by atoms with E-state index in [2.05, 4.69) is 27.7 Å². The molecule has 56 valence electrons.